The maximum atomic E-state index is 12.2. The van der Waals surface area contributed by atoms with Gasteiger partial charge in [0.15, 0.2) is 0 Å². The summed E-state index contributed by atoms with van der Waals surface area (Å²) < 4.78 is 0. The molecule has 20 heavy (non-hydrogen) atoms. The van der Waals surface area contributed by atoms with E-state index in [1.54, 1.807) is 6.07 Å². The average Bonchev–Trinajstić information content (AvgIpc) is 2.41. The maximum absolute atomic E-state index is 12.2. The fourth-order valence-corrected chi connectivity index (χ4v) is 2.41. The van der Waals surface area contributed by atoms with Crippen LogP contribution >= 0.6 is 0 Å². The number of benzene rings is 1. The van der Waals surface area contributed by atoms with E-state index in [4.69, 9.17) is 0 Å². The number of piperidine rings is 1. The van der Waals surface area contributed by atoms with E-state index in [1.807, 2.05) is 12.1 Å². The number of hydrogen-bond donors (Lipinski definition) is 3. The lowest BCUT2D eigenvalue weighted by molar-refractivity contribution is -0.120. The maximum Gasteiger partial charge on any atom is 0.228 e. The van der Waals surface area contributed by atoms with Crippen LogP contribution < -0.4 is 10.6 Å². The Labute approximate surface area is 120 Å². The van der Waals surface area contributed by atoms with Crippen molar-refractivity contribution in [2.75, 3.05) is 18.4 Å². The molecule has 0 aromatic heterocycles. The van der Waals surface area contributed by atoms with Crippen molar-refractivity contribution in [1.82, 2.24) is 5.32 Å². The van der Waals surface area contributed by atoms with Crippen molar-refractivity contribution in [3.63, 3.8) is 0 Å². The largest absolute Gasteiger partial charge is 0.506 e. The number of phenolic OH excluding ortho intramolecular Hbond substituents is 1. The van der Waals surface area contributed by atoms with Gasteiger partial charge in [-0.25, -0.2) is 0 Å². The topological polar surface area (TPSA) is 61.4 Å². The van der Waals surface area contributed by atoms with Gasteiger partial charge in [0.25, 0.3) is 0 Å². The van der Waals surface area contributed by atoms with Crippen molar-refractivity contribution in [2.45, 2.75) is 39.0 Å². The highest BCUT2D eigenvalue weighted by atomic mass is 16.3. The first-order valence-corrected chi connectivity index (χ1v) is 7.23. The highest BCUT2D eigenvalue weighted by molar-refractivity contribution is 5.94. The summed E-state index contributed by atoms with van der Waals surface area (Å²) in [4.78, 5) is 12.2. The first kappa shape index (κ1) is 14.9. The zero-order chi connectivity index (χ0) is 14.8. The minimum absolute atomic E-state index is 0.0126. The fourth-order valence-electron chi connectivity index (χ4n) is 2.41. The van der Waals surface area contributed by atoms with Crippen LogP contribution in [-0.2, 0) is 10.2 Å². The molecule has 0 spiro atoms. The molecular formula is C16H24N2O2. The molecule has 4 nitrogen and oxygen atoms in total. The van der Waals surface area contributed by atoms with Gasteiger partial charge in [0.05, 0.1) is 11.6 Å². The van der Waals surface area contributed by atoms with Crippen molar-refractivity contribution in [3.8, 4) is 5.75 Å². The molecule has 1 amide bonds. The molecule has 110 valence electrons. The molecule has 1 aromatic rings. The van der Waals surface area contributed by atoms with Crippen molar-refractivity contribution < 1.29 is 9.90 Å². The second-order valence-electron chi connectivity index (χ2n) is 6.51. The third kappa shape index (κ3) is 3.51. The lowest BCUT2D eigenvalue weighted by Gasteiger charge is -2.23. The molecule has 4 heteroatoms. The molecule has 3 N–H and O–H groups in total. The number of carbonyl (C=O) groups excluding carboxylic acids is 1. The summed E-state index contributed by atoms with van der Waals surface area (Å²) in [6.07, 6.45) is 1.92. The van der Waals surface area contributed by atoms with Gasteiger partial charge < -0.3 is 15.7 Å². The summed E-state index contributed by atoms with van der Waals surface area (Å²) in [6.45, 7) is 8.02. The number of anilines is 1. The van der Waals surface area contributed by atoms with E-state index in [0.29, 0.717) is 12.2 Å². The Morgan fingerprint density at radius 1 is 1.40 bits per heavy atom. The van der Waals surface area contributed by atoms with Crippen LogP contribution in [0.15, 0.2) is 18.2 Å². The van der Waals surface area contributed by atoms with Crippen LogP contribution in [0.2, 0.25) is 0 Å². The third-order valence-corrected chi connectivity index (χ3v) is 3.79. The second kappa shape index (κ2) is 5.83. The molecule has 1 aliphatic rings. The van der Waals surface area contributed by atoms with Gasteiger partial charge in [-0.15, -0.1) is 0 Å². The van der Waals surface area contributed by atoms with Crippen LogP contribution in [0.1, 0.15) is 39.2 Å². The van der Waals surface area contributed by atoms with E-state index in [9.17, 15) is 9.90 Å². The molecular weight excluding hydrogens is 252 g/mol. The molecule has 1 aromatic carbocycles. The number of rotatable bonds is 2. The number of hydrogen-bond acceptors (Lipinski definition) is 3. The van der Waals surface area contributed by atoms with Gasteiger partial charge in [0, 0.05) is 6.54 Å². The lowest BCUT2D eigenvalue weighted by atomic mass is 9.86. The Balaban J connectivity index is 2.13. The average molecular weight is 276 g/mol. The third-order valence-electron chi connectivity index (χ3n) is 3.79. The molecule has 1 atom stereocenters. The van der Waals surface area contributed by atoms with Gasteiger partial charge in [-0.1, -0.05) is 26.8 Å². The van der Waals surface area contributed by atoms with Gasteiger partial charge in [-0.2, -0.15) is 0 Å². The van der Waals surface area contributed by atoms with Crippen LogP contribution in [0.5, 0.6) is 5.75 Å². The Bertz CT molecular complexity index is 486. The molecule has 2 rings (SSSR count). The van der Waals surface area contributed by atoms with Crippen LogP contribution in [0.4, 0.5) is 5.69 Å². The Hall–Kier alpha value is -1.55. The van der Waals surface area contributed by atoms with Crippen molar-refractivity contribution in [3.05, 3.63) is 23.8 Å². The molecule has 0 saturated carbocycles. The first-order chi connectivity index (χ1) is 9.38. The summed E-state index contributed by atoms with van der Waals surface area (Å²) in [5.74, 6) is 0.0927. The summed E-state index contributed by atoms with van der Waals surface area (Å²) in [5, 5.41) is 16.0. The molecule has 0 aliphatic carbocycles. The second-order valence-corrected chi connectivity index (χ2v) is 6.51. The van der Waals surface area contributed by atoms with Crippen LogP contribution in [-0.4, -0.2) is 24.1 Å². The van der Waals surface area contributed by atoms with Crippen LogP contribution in [0.3, 0.4) is 0 Å². The highest BCUT2D eigenvalue weighted by Crippen LogP contribution is 2.31. The van der Waals surface area contributed by atoms with E-state index in [0.717, 1.165) is 24.9 Å². The number of aromatic hydroxyl groups is 1. The predicted molar refractivity (Wildman–Crippen MR) is 81.0 cm³/mol. The number of carbonyl (C=O) groups is 1. The summed E-state index contributed by atoms with van der Waals surface area (Å²) >= 11 is 0. The molecule has 1 heterocycles. The number of amides is 1. The van der Waals surface area contributed by atoms with E-state index in [1.165, 1.54) is 0 Å². The van der Waals surface area contributed by atoms with Gasteiger partial charge in [0.1, 0.15) is 5.75 Å². The Morgan fingerprint density at radius 2 is 2.15 bits per heavy atom. The SMILES string of the molecule is CC(C)(C)c1ccc(O)c(NC(=O)C2CCCNC2)c1. The highest BCUT2D eigenvalue weighted by Gasteiger charge is 2.22. The van der Waals surface area contributed by atoms with Gasteiger partial charge in [-0.3, -0.25) is 4.79 Å². The summed E-state index contributed by atoms with van der Waals surface area (Å²) in [6, 6.07) is 5.41. The predicted octanol–water partition coefficient (Wildman–Crippen LogP) is 2.63. The monoisotopic (exact) mass is 276 g/mol. The van der Waals surface area contributed by atoms with Crippen molar-refractivity contribution >= 4 is 11.6 Å². The standard InChI is InChI=1S/C16H24N2O2/c1-16(2,3)12-6-7-14(19)13(9-12)18-15(20)11-5-4-8-17-10-11/h6-7,9,11,17,19H,4-5,8,10H2,1-3H3,(H,18,20). The van der Waals surface area contributed by atoms with E-state index >= 15 is 0 Å². The van der Waals surface area contributed by atoms with Crippen LogP contribution in [0.25, 0.3) is 0 Å². The molecule has 1 unspecified atom stereocenters. The van der Waals surface area contributed by atoms with Crippen molar-refractivity contribution in [2.24, 2.45) is 5.92 Å². The quantitative estimate of drug-likeness (QED) is 0.728. The number of phenols is 1. The van der Waals surface area contributed by atoms with E-state index < -0.39 is 0 Å². The number of nitrogens with one attached hydrogen (secondary N) is 2. The molecule has 1 fully saturated rings. The fraction of sp³-hybridized carbons (Fsp3) is 0.562. The van der Waals surface area contributed by atoms with E-state index in [-0.39, 0.29) is 23.0 Å². The van der Waals surface area contributed by atoms with E-state index in [2.05, 4.69) is 31.4 Å². The van der Waals surface area contributed by atoms with Gasteiger partial charge in [0.2, 0.25) is 5.91 Å². The summed E-state index contributed by atoms with van der Waals surface area (Å²) in [7, 11) is 0. The molecule has 1 saturated heterocycles. The van der Waals surface area contributed by atoms with Gasteiger partial charge >= 0.3 is 0 Å². The first-order valence-electron chi connectivity index (χ1n) is 7.23. The van der Waals surface area contributed by atoms with Gasteiger partial charge in [-0.05, 0) is 42.5 Å². The normalized spacial score (nSPS) is 19.6. The lowest BCUT2D eigenvalue weighted by Crippen LogP contribution is -2.37. The molecule has 0 bridgehead atoms. The minimum atomic E-state index is -0.0152. The van der Waals surface area contributed by atoms with Crippen LogP contribution in [0, 0.1) is 5.92 Å². The minimum Gasteiger partial charge on any atom is -0.506 e. The zero-order valence-corrected chi connectivity index (χ0v) is 12.5. The Kier molecular flexibility index (Phi) is 4.33. The molecule has 0 radical (unpaired) electrons. The van der Waals surface area contributed by atoms with Crippen molar-refractivity contribution in [1.29, 1.82) is 0 Å². The zero-order valence-electron chi connectivity index (χ0n) is 12.5. The smallest absolute Gasteiger partial charge is 0.228 e. The Morgan fingerprint density at radius 3 is 2.75 bits per heavy atom. The molecule has 1 aliphatic heterocycles. The summed E-state index contributed by atoms with van der Waals surface area (Å²) in [5.41, 5.74) is 1.58.